The van der Waals surface area contributed by atoms with E-state index >= 15 is 0 Å². The van der Waals surface area contributed by atoms with Crippen molar-refractivity contribution in [2.45, 2.75) is 20.0 Å². The summed E-state index contributed by atoms with van der Waals surface area (Å²) in [6.45, 7) is 3.92. The smallest absolute Gasteiger partial charge is 0.327 e. The summed E-state index contributed by atoms with van der Waals surface area (Å²) in [4.78, 5) is 25.7. The van der Waals surface area contributed by atoms with Crippen LogP contribution in [0.15, 0.2) is 18.2 Å². The summed E-state index contributed by atoms with van der Waals surface area (Å²) in [6, 6.07) is 5.43. The number of aliphatic hydroxyl groups is 1. The molecule has 1 saturated heterocycles. The van der Waals surface area contributed by atoms with E-state index in [4.69, 9.17) is 4.74 Å². The van der Waals surface area contributed by atoms with Crippen LogP contribution >= 0.6 is 0 Å². The lowest BCUT2D eigenvalue weighted by atomic mass is 10.1. The van der Waals surface area contributed by atoms with Gasteiger partial charge >= 0.3 is 6.03 Å². The number of carbonyl (C=O) groups is 2. The van der Waals surface area contributed by atoms with Gasteiger partial charge in [0.15, 0.2) is 0 Å². The number of benzene rings is 1. The molecular formula is C15H20N2O4. The highest BCUT2D eigenvalue weighted by Gasteiger charge is 2.34. The first-order valence-corrected chi connectivity index (χ1v) is 6.82. The minimum Gasteiger partial charge on any atom is -0.491 e. The van der Waals surface area contributed by atoms with Gasteiger partial charge in [0.25, 0.3) is 0 Å². The molecule has 0 aliphatic carbocycles. The Kier molecular flexibility index (Phi) is 4.47. The summed E-state index contributed by atoms with van der Waals surface area (Å²) in [6.07, 6.45) is -0.913. The van der Waals surface area contributed by atoms with Gasteiger partial charge in [-0.05, 0) is 31.0 Å². The minimum absolute atomic E-state index is 0.0328. The molecule has 1 aliphatic heterocycles. The Hall–Kier alpha value is -2.08. The van der Waals surface area contributed by atoms with E-state index in [9.17, 15) is 14.7 Å². The van der Waals surface area contributed by atoms with Crippen molar-refractivity contribution in [3.8, 4) is 5.75 Å². The molecule has 1 aromatic rings. The number of β-amino-alcohol motifs (C(OH)–C–C–N with tert-alkyl or cyclic N) is 1. The van der Waals surface area contributed by atoms with Crippen molar-refractivity contribution < 1.29 is 19.4 Å². The Morgan fingerprint density at radius 1 is 1.33 bits per heavy atom. The lowest BCUT2D eigenvalue weighted by Gasteiger charge is -2.19. The number of imide groups is 1. The fourth-order valence-corrected chi connectivity index (χ4v) is 2.16. The van der Waals surface area contributed by atoms with Crippen LogP contribution in [0.25, 0.3) is 0 Å². The van der Waals surface area contributed by atoms with E-state index in [-0.39, 0.29) is 31.6 Å². The van der Waals surface area contributed by atoms with Crippen LogP contribution in [0.3, 0.4) is 0 Å². The van der Waals surface area contributed by atoms with Gasteiger partial charge in [0.1, 0.15) is 25.0 Å². The molecule has 21 heavy (non-hydrogen) atoms. The molecule has 0 bridgehead atoms. The molecule has 1 unspecified atom stereocenters. The first kappa shape index (κ1) is 15.3. The van der Waals surface area contributed by atoms with Gasteiger partial charge in [0.2, 0.25) is 5.91 Å². The average Bonchev–Trinajstić information content (AvgIpc) is 2.66. The number of urea groups is 1. The van der Waals surface area contributed by atoms with Gasteiger partial charge in [-0.1, -0.05) is 12.1 Å². The normalized spacial score (nSPS) is 16.6. The molecule has 0 radical (unpaired) electrons. The molecule has 2 rings (SSSR count). The van der Waals surface area contributed by atoms with Gasteiger partial charge in [-0.15, -0.1) is 0 Å². The summed E-state index contributed by atoms with van der Waals surface area (Å²) in [5.41, 5.74) is 2.04. The highest BCUT2D eigenvalue weighted by atomic mass is 16.5. The van der Waals surface area contributed by atoms with Crippen LogP contribution in [-0.4, -0.2) is 59.7 Å². The second-order valence-electron chi connectivity index (χ2n) is 5.38. The number of hydrogen-bond acceptors (Lipinski definition) is 4. The maximum Gasteiger partial charge on any atom is 0.327 e. The Morgan fingerprint density at radius 3 is 2.67 bits per heavy atom. The summed E-state index contributed by atoms with van der Waals surface area (Å²) in [5.74, 6) is 0.401. The van der Waals surface area contributed by atoms with Crippen LogP contribution in [0.2, 0.25) is 0 Å². The summed E-state index contributed by atoms with van der Waals surface area (Å²) in [7, 11) is 1.55. The molecule has 1 aromatic carbocycles. The van der Waals surface area contributed by atoms with E-state index < -0.39 is 6.10 Å². The zero-order valence-electron chi connectivity index (χ0n) is 12.5. The van der Waals surface area contributed by atoms with Gasteiger partial charge in [-0.25, -0.2) is 4.79 Å². The van der Waals surface area contributed by atoms with Gasteiger partial charge in [0, 0.05) is 7.05 Å². The number of carbonyl (C=O) groups excluding carboxylic acids is 2. The molecule has 0 saturated carbocycles. The number of aliphatic hydroxyl groups excluding tert-OH is 1. The monoisotopic (exact) mass is 292 g/mol. The molecule has 114 valence electrons. The van der Waals surface area contributed by atoms with Gasteiger partial charge < -0.3 is 14.7 Å². The maximum atomic E-state index is 11.7. The molecule has 0 spiro atoms. The first-order valence-electron chi connectivity index (χ1n) is 6.82. The van der Waals surface area contributed by atoms with Crippen LogP contribution in [0.4, 0.5) is 4.79 Å². The number of amides is 3. The van der Waals surface area contributed by atoms with Crippen LogP contribution in [-0.2, 0) is 4.79 Å². The number of likely N-dealkylation sites (N-methyl/N-ethyl adjacent to an activating group) is 1. The Morgan fingerprint density at radius 2 is 2.05 bits per heavy atom. The van der Waals surface area contributed by atoms with Crippen molar-refractivity contribution in [2.24, 2.45) is 0 Å². The van der Waals surface area contributed by atoms with E-state index in [1.165, 1.54) is 4.90 Å². The molecular weight excluding hydrogens is 272 g/mol. The van der Waals surface area contributed by atoms with E-state index in [0.717, 1.165) is 16.0 Å². The van der Waals surface area contributed by atoms with E-state index in [2.05, 4.69) is 0 Å². The zero-order valence-corrected chi connectivity index (χ0v) is 12.5. The summed E-state index contributed by atoms with van der Waals surface area (Å²) >= 11 is 0. The van der Waals surface area contributed by atoms with E-state index in [1.54, 1.807) is 7.05 Å². The van der Waals surface area contributed by atoms with Crippen molar-refractivity contribution in [1.29, 1.82) is 0 Å². The quantitative estimate of drug-likeness (QED) is 0.820. The molecule has 1 aliphatic rings. The molecule has 1 atom stereocenters. The van der Waals surface area contributed by atoms with E-state index in [1.807, 2.05) is 32.0 Å². The summed E-state index contributed by atoms with van der Waals surface area (Å²) in [5, 5.41) is 9.96. The van der Waals surface area contributed by atoms with Gasteiger partial charge in [-0.3, -0.25) is 9.69 Å². The molecule has 6 heteroatoms. The van der Waals surface area contributed by atoms with Crippen molar-refractivity contribution in [1.82, 2.24) is 9.80 Å². The fraction of sp³-hybridized carbons (Fsp3) is 0.467. The standard InChI is InChI=1S/C15H20N2O4/c1-10-4-5-11(2)13(6-10)21-9-12(18)7-17-14(19)8-16(3)15(17)20/h4-6,12,18H,7-9H2,1-3H3. The van der Waals surface area contributed by atoms with Crippen molar-refractivity contribution in [2.75, 3.05) is 26.7 Å². The third-order valence-electron chi connectivity index (χ3n) is 3.40. The molecule has 1 N–H and O–H groups in total. The SMILES string of the molecule is Cc1ccc(C)c(OCC(O)CN2C(=O)CN(C)C2=O)c1. The lowest BCUT2D eigenvalue weighted by Crippen LogP contribution is -2.40. The van der Waals surface area contributed by atoms with Crippen LogP contribution < -0.4 is 4.74 Å². The molecule has 1 heterocycles. The fourth-order valence-electron chi connectivity index (χ4n) is 2.16. The van der Waals surface area contributed by atoms with Gasteiger partial charge in [0.05, 0.1) is 6.54 Å². The number of aryl methyl sites for hydroxylation is 2. The summed E-state index contributed by atoms with van der Waals surface area (Å²) < 4.78 is 5.57. The second kappa shape index (κ2) is 6.13. The largest absolute Gasteiger partial charge is 0.491 e. The highest BCUT2D eigenvalue weighted by Crippen LogP contribution is 2.19. The van der Waals surface area contributed by atoms with Crippen molar-refractivity contribution in [3.05, 3.63) is 29.3 Å². The van der Waals surface area contributed by atoms with Crippen LogP contribution in [0.5, 0.6) is 5.75 Å². The van der Waals surface area contributed by atoms with Crippen molar-refractivity contribution in [3.63, 3.8) is 0 Å². The Bertz CT molecular complexity index is 559. The second-order valence-corrected chi connectivity index (χ2v) is 5.38. The zero-order chi connectivity index (χ0) is 15.6. The predicted molar refractivity (Wildman–Crippen MR) is 77.2 cm³/mol. The topological polar surface area (TPSA) is 70.1 Å². The average molecular weight is 292 g/mol. The number of rotatable bonds is 5. The van der Waals surface area contributed by atoms with Crippen LogP contribution in [0, 0.1) is 13.8 Å². The predicted octanol–water partition coefficient (Wildman–Crippen LogP) is 0.937. The molecule has 1 fully saturated rings. The Balaban J connectivity index is 1.90. The lowest BCUT2D eigenvalue weighted by molar-refractivity contribution is -0.126. The molecule has 3 amide bonds. The third-order valence-corrected chi connectivity index (χ3v) is 3.40. The van der Waals surface area contributed by atoms with E-state index in [0.29, 0.717) is 5.75 Å². The highest BCUT2D eigenvalue weighted by molar-refractivity contribution is 6.01. The number of hydrogen-bond donors (Lipinski definition) is 1. The molecule has 6 nitrogen and oxygen atoms in total. The maximum absolute atomic E-state index is 11.7. The molecule has 0 aromatic heterocycles. The minimum atomic E-state index is -0.913. The third kappa shape index (κ3) is 3.52. The number of nitrogens with zero attached hydrogens (tertiary/aromatic N) is 2. The number of ether oxygens (including phenoxy) is 1. The van der Waals surface area contributed by atoms with Crippen molar-refractivity contribution >= 4 is 11.9 Å². The van der Waals surface area contributed by atoms with Gasteiger partial charge in [-0.2, -0.15) is 0 Å². The Labute approximate surface area is 123 Å². The van der Waals surface area contributed by atoms with Crippen LogP contribution in [0.1, 0.15) is 11.1 Å². The first-order chi connectivity index (χ1) is 9.88.